The van der Waals surface area contributed by atoms with Crippen molar-refractivity contribution in [2.45, 2.75) is 24.4 Å². The first-order valence-electron chi connectivity index (χ1n) is 5.84. The molecule has 2 heterocycles. The average Bonchev–Trinajstić information content (AvgIpc) is 2.74. The molecule has 108 valence electrons. The van der Waals surface area contributed by atoms with E-state index in [1.165, 1.54) is 12.3 Å². The van der Waals surface area contributed by atoms with Crippen LogP contribution in [0.5, 0.6) is 0 Å². The maximum Gasteiger partial charge on any atom is 0.351 e. The number of hydrogen-bond donors (Lipinski definition) is 3. The molecule has 20 heavy (non-hydrogen) atoms. The number of nitrogens with zero attached hydrogens (tertiary/aromatic N) is 5. The number of azide groups is 1. The van der Waals surface area contributed by atoms with Crippen LogP contribution in [0.25, 0.3) is 10.4 Å². The summed E-state index contributed by atoms with van der Waals surface area (Å²) in [5.74, 6) is 0.0762. The van der Waals surface area contributed by atoms with Crippen molar-refractivity contribution in [3.63, 3.8) is 0 Å². The van der Waals surface area contributed by atoms with E-state index in [0.717, 1.165) is 4.57 Å². The summed E-state index contributed by atoms with van der Waals surface area (Å²) in [5, 5.41) is 22.7. The Kier molecular flexibility index (Phi) is 3.91. The van der Waals surface area contributed by atoms with E-state index in [4.69, 9.17) is 16.0 Å². The van der Waals surface area contributed by atoms with Gasteiger partial charge in [-0.15, -0.1) is 0 Å². The van der Waals surface area contributed by atoms with Crippen LogP contribution in [0, 0.1) is 0 Å². The molecule has 2 rings (SSSR count). The summed E-state index contributed by atoms with van der Waals surface area (Å²) in [6.07, 6.45) is -0.435. The second-order valence-corrected chi connectivity index (χ2v) is 4.48. The highest BCUT2D eigenvalue weighted by molar-refractivity contribution is 5.23. The summed E-state index contributed by atoms with van der Waals surface area (Å²) in [6, 6.07) is 1.42. The van der Waals surface area contributed by atoms with Crippen LogP contribution in [0.1, 0.15) is 12.6 Å². The van der Waals surface area contributed by atoms with Crippen molar-refractivity contribution in [1.82, 2.24) is 9.55 Å². The monoisotopic (exact) mass is 282 g/mol. The van der Waals surface area contributed by atoms with Crippen molar-refractivity contribution in [1.29, 1.82) is 0 Å². The van der Waals surface area contributed by atoms with E-state index in [1.54, 1.807) is 0 Å². The summed E-state index contributed by atoms with van der Waals surface area (Å²) in [6.45, 7) is -0.782. The van der Waals surface area contributed by atoms with Gasteiger partial charge in [0.1, 0.15) is 17.6 Å². The van der Waals surface area contributed by atoms with Crippen molar-refractivity contribution in [2.75, 3.05) is 18.9 Å². The number of aliphatic hydroxyl groups excluding tert-OH is 2. The highest BCUT2D eigenvalue weighted by Gasteiger charge is 2.48. The first-order chi connectivity index (χ1) is 9.52. The largest absolute Gasteiger partial charge is 0.393 e. The van der Waals surface area contributed by atoms with E-state index < -0.39 is 30.2 Å². The average molecular weight is 282 g/mol. The molecule has 10 heteroatoms. The Bertz CT molecular complexity index is 598. The third-order valence-corrected chi connectivity index (χ3v) is 3.23. The van der Waals surface area contributed by atoms with Crippen LogP contribution in [0.3, 0.4) is 0 Å². The maximum absolute atomic E-state index is 11.7. The minimum Gasteiger partial charge on any atom is -0.393 e. The molecule has 1 aliphatic heterocycles. The molecule has 1 saturated heterocycles. The number of anilines is 1. The van der Waals surface area contributed by atoms with Crippen LogP contribution < -0.4 is 11.4 Å². The number of rotatable bonds is 4. The molecule has 1 aromatic heterocycles. The van der Waals surface area contributed by atoms with Crippen molar-refractivity contribution in [2.24, 2.45) is 5.11 Å². The lowest BCUT2D eigenvalue weighted by Gasteiger charge is -2.28. The minimum atomic E-state index is -1.42. The van der Waals surface area contributed by atoms with Gasteiger partial charge < -0.3 is 20.7 Å². The van der Waals surface area contributed by atoms with Gasteiger partial charge in [-0.2, -0.15) is 4.98 Å². The molecule has 0 bridgehead atoms. The molecule has 1 aliphatic rings. The molecule has 1 fully saturated rings. The van der Waals surface area contributed by atoms with Gasteiger partial charge in [0.25, 0.3) is 0 Å². The van der Waals surface area contributed by atoms with Crippen molar-refractivity contribution in [3.05, 3.63) is 33.2 Å². The standard InChI is InChI=1S/C10H14N6O4/c11-7-1-2-16(9(19)14-7)8-3-6(18)10(5-17,20-8)4-13-15-12/h1-2,6,8,17-18H,3-5H2,(H2,11,14,19)/t6-,8+,10+/m0/s1. The Morgan fingerprint density at radius 2 is 2.50 bits per heavy atom. The summed E-state index contributed by atoms with van der Waals surface area (Å²) in [5.41, 5.74) is 11.7. The van der Waals surface area contributed by atoms with E-state index in [2.05, 4.69) is 15.0 Å². The molecule has 0 radical (unpaired) electrons. The lowest BCUT2D eigenvalue weighted by Crippen LogP contribution is -2.46. The number of aliphatic hydroxyl groups is 2. The zero-order valence-corrected chi connectivity index (χ0v) is 10.5. The fraction of sp³-hybridized carbons (Fsp3) is 0.600. The van der Waals surface area contributed by atoms with Crippen molar-refractivity contribution < 1.29 is 14.9 Å². The Morgan fingerprint density at radius 3 is 3.10 bits per heavy atom. The zero-order valence-electron chi connectivity index (χ0n) is 10.5. The van der Waals surface area contributed by atoms with Crippen LogP contribution in [0.2, 0.25) is 0 Å². The molecule has 1 aromatic rings. The number of nitrogen functional groups attached to an aromatic ring is 1. The van der Waals surface area contributed by atoms with E-state index >= 15 is 0 Å². The highest BCUT2D eigenvalue weighted by Crippen LogP contribution is 2.36. The molecule has 10 nitrogen and oxygen atoms in total. The SMILES string of the molecule is [N-]=[N+]=NC[C@]1(CO)O[C@@H](n2ccc(N)nc2=O)C[C@@H]1O. The summed E-state index contributed by atoms with van der Waals surface area (Å²) >= 11 is 0. The van der Waals surface area contributed by atoms with Gasteiger partial charge in [-0.25, -0.2) is 4.79 Å². The second kappa shape index (κ2) is 5.47. The maximum atomic E-state index is 11.7. The number of hydrogen-bond acceptors (Lipinski definition) is 7. The smallest absolute Gasteiger partial charge is 0.351 e. The van der Waals surface area contributed by atoms with Crippen LogP contribution in [-0.2, 0) is 4.74 Å². The predicted octanol–water partition coefficient (Wildman–Crippen LogP) is -0.853. The van der Waals surface area contributed by atoms with E-state index in [1.807, 2.05) is 0 Å². The molecule has 3 atom stereocenters. The van der Waals surface area contributed by atoms with E-state index in [0.29, 0.717) is 0 Å². The summed E-state index contributed by atoms with van der Waals surface area (Å²) in [7, 11) is 0. The molecule has 0 amide bonds. The molecule has 4 N–H and O–H groups in total. The van der Waals surface area contributed by atoms with Gasteiger partial charge in [0.05, 0.1) is 19.3 Å². The van der Waals surface area contributed by atoms with Gasteiger partial charge in [0.2, 0.25) is 0 Å². The quantitative estimate of drug-likeness (QED) is 0.370. The number of aromatic nitrogens is 2. The van der Waals surface area contributed by atoms with Crippen LogP contribution in [0.15, 0.2) is 22.2 Å². The lowest BCUT2D eigenvalue weighted by molar-refractivity contribution is -0.122. The Labute approximate surface area is 113 Å². The number of ether oxygens (including phenoxy) is 1. The molecule has 0 unspecified atom stereocenters. The highest BCUT2D eigenvalue weighted by atomic mass is 16.6. The third-order valence-electron chi connectivity index (χ3n) is 3.23. The van der Waals surface area contributed by atoms with Gasteiger partial charge in [0.15, 0.2) is 0 Å². The Balaban J connectivity index is 2.29. The number of nitrogens with two attached hydrogens (primary N) is 1. The van der Waals surface area contributed by atoms with E-state index in [9.17, 15) is 15.0 Å². The van der Waals surface area contributed by atoms with Gasteiger partial charge in [-0.1, -0.05) is 5.11 Å². The van der Waals surface area contributed by atoms with Crippen LogP contribution in [0.4, 0.5) is 5.82 Å². The molecule has 0 aromatic carbocycles. The van der Waals surface area contributed by atoms with Crippen LogP contribution >= 0.6 is 0 Å². The fourth-order valence-electron chi connectivity index (χ4n) is 2.11. The normalized spacial score (nSPS) is 29.1. The van der Waals surface area contributed by atoms with Crippen LogP contribution in [-0.4, -0.2) is 44.6 Å². The van der Waals surface area contributed by atoms with Gasteiger partial charge in [-0.05, 0) is 11.6 Å². The first kappa shape index (κ1) is 14.3. The first-order valence-corrected chi connectivity index (χ1v) is 5.84. The zero-order chi connectivity index (χ0) is 14.8. The minimum absolute atomic E-state index is 0.0625. The fourth-order valence-corrected chi connectivity index (χ4v) is 2.11. The Morgan fingerprint density at radius 1 is 1.75 bits per heavy atom. The van der Waals surface area contributed by atoms with Gasteiger partial charge in [0, 0.05) is 17.5 Å². The van der Waals surface area contributed by atoms with E-state index in [-0.39, 0.29) is 18.8 Å². The second-order valence-electron chi connectivity index (χ2n) is 4.48. The predicted molar refractivity (Wildman–Crippen MR) is 67.5 cm³/mol. The third kappa shape index (κ3) is 2.45. The molecular formula is C10H14N6O4. The lowest BCUT2D eigenvalue weighted by atomic mass is 9.98. The Hall–Kier alpha value is -2.13. The molecule has 0 saturated carbocycles. The molecule has 0 spiro atoms. The molecule has 0 aliphatic carbocycles. The topological polar surface area (TPSA) is 159 Å². The van der Waals surface area contributed by atoms with Gasteiger partial charge >= 0.3 is 5.69 Å². The van der Waals surface area contributed by atoms with Crippen molar-refractivity contribution >= 4 is 5.82 Å². The summed E-state index contributed by atoms with van der Waals surface area (Å²) in [4.78, 5) is 17.8. The van der Waals surface area contributed by atoms with Crippen molar-refractivity contribution in [3.8, 4) is 0 Å². The summed E-state index contributed by atoms with van der Waals surface area (Å²) < 4.78 is 6.70. The molecular weight excluding hydrogens is 268 g/mol. The van der Waals surface area contributed by atoms with Gasteiger partial charge in [-0.3, -0.25) is 4.57 Å².